The zero-order valence-corrected chi connectivity index (χ0v) is 12.7. The van der Waals surface area contributed by atoms with E-state index in [0.29, 0.717) is 24.4 Å². The highest BCUT2D eigenvalue weighted by molar-refractivity contribution is 7.91. The van der Waals surface area contributed by atoms with Crippen molar-refractivity contribution in [3.05, 3.63) is 16.4 Å². The lowest BCUT2D eigenvalue weighted by Crippen LogP contribution is -2.25. The molecule has 2 unspecified atom stereocenters. The normalized spacial score (nSPS) is 23.7. The molecular weight excluding hydrogens is 288 g/mol. The van der Waals surface area contributed by atoms with E-state index in [2.05, 4.69) is 5.10 Å². The van der Waals surface area contributed by atoms with Gasteiger partial charge >= 0.3 is 0 Å². The summed E-state index contributed by atoms with van der Waals surface area (Å²) in [7, 11) is -2.97. The molecule has 0 bridgehead atoms. The van der Waals surface area contributed by atoms with Crippen LogP contribution in [0.5, 0.6) is 0 Å². The van der Waals surface area contributed by atoms with Crippen LogP contribution in [0, 0.1) is 12.8 Å². The third kappa shape index (κ3) is 3.12. The molecule has 19 heavy (non-hydrogen) atoms. The Morgan fingerprint density at radius 1 is 1.58 bits per heavy atom. The molecule has 0 radical (unpaired) electrons. The summed E-state index contributed by atoms with van der Waals surface area (Å²) in [6, 6.07) is 0. The van der Waals surface area contributed by atoms with Crippen molar-refractivity contribution in [3.63, 3.8) is 0 Å². The van der Waals surface area contributed by atoms with Gasteiger partial charge in [-0.15, -0.1) is 0 Å². The van der Waals surface area contributed by atoms with Crippen molar-refractivity contribution < 1.29 is 13.5 Å². The second-order valence-electron chi connectivity index (χ2n) is 5.10. The maximum Gasteiger partial charge on any atom is 0.150 e. The summed E-state index contributed by atoms with van der Waals surface area (Å²) in [5.41, 5.74) is 1.53. The van der Waals surface area contributed by atoms with Crippen LogP contribution < -0.4 is 0 Å². The SMILES string of the molecule is CCn1nc(C)c(Cl)c1CC(O)C1CCS(=O)(=O)C1. The second kappa shape index (κ2) is 5.42. The van der Waals surface area contributed by atoms with E-state index in [9.17, 15) is 13.5 Å². The molecule has 2 atom stereocenters. The molecule has 1 fully saturated rings. The standard InChI is InChI=1S/C12H19ClN2O3S/c1-3-15-10(12(13)8(2)14-15)6-11(16)9-4-5-19(17,18)7-9/h9,11,16H,3-7H2,1-2H3. The van der Waals surface area contributed by atoms with E-state index in [-0.39, 0.29) is 17.4 Å². The number of rotatable bonds is 4. The van der Waals surface area contributed by atoms with Crippen LogP contribution in [0.25, 0.3) is 0 Å². The number of sulfone groups is 1. The number of hydrogen-bond acceptors (Lipinski definition) is 4. The molecule has 0 aliphatic carbocycles. The third-order valence-corrected chi connectivity index (χ3v) is 5.95. The van der Waals surface area contributed by atoms with Crippen molar-refractivity contribution in [1.29, 1.82) is 0 Å². The number of hydrogen-bond donors (Lipinski definition) is 1. The van der Waals surface area contributed by atoms with Gasteiger partial charge in [0.15, 0.2) is 9.84 Å². The molecule has 0 aromatic carbocycles. The fourth-order valence-corrected chi connectivity index (χ4v) is 4.64. The molecule has 1 aromatic rings. The van der Waals surface area contributed by atoms with E-state index in [1.165, 1.54) is 0 Å². The quantitative estimate of drug-likeness (QED) is 0.907. The van der Waals surface area contributed by atoms with Crippen molar-refractivity contribution in [1.82, 2.24) is 9.78 Å². The molecule has 1 aliphatic heterocycles. The summed E-state index contributed by atoms with van der Waals surface area (Å²) in [6.45, 7) is 4.46. The first-order valence-corrected chi connectivity index (χ1v) is 8.64. The number of aliphatic hydroxyl groups excluding tert-OH is 1. The van der Waals surface area contributed by atoms with Crippen LogP contribution in [0.3, 0.4) is 0 Å². The molecule has 2 rings (SSSR count). The number of aliphatic hydroxyl groups is 1. The lowest BCUT2D eigenvalue weighted by atomic mass is 9.98. The Hall–Kier alpha value is -0.590. The molecule has 1 N–H and O–H groups in total. The molecule has 7 heteroatoms. The average Bonchev–Trinajstić information content (AvgIpc) is 2.83. The molecule has 0 spiro atoms. The summed E-state index contributed by atoms with van der Waals surface area (Å²) >= 11 is 6.19. The largest absolute Gasteiger partial charge is 0.392 e. The maximum atomic E-state index is 11.4. The number of nitrogens with zero attached hydrogens (tertiary/aromatic N) is 2. The van der Waals surface area contributed by atoms with Crippen molar-refractivity contribution >= 4 is 21.4 Å². The lowest BCUT2D eigenvalue weighted by molar-refractivity contribution is 0.118. The predicted octanol–water partition coefficient (Wildman–Crippen LogP) is 1.20. The average molecular weight is 307 g/mol. The van der Waals surface area contributed by atoms with Gasteiger partial charge in [-0.2, -0.15) is 5.10 Å². The summed E-state index contributed by atoms with van der Waals surface area (Å²) in [4.78, 5) is 0. The molecule has 1 saturated heterocycles. The predicted molar refractivity (Wildman–Crippen MR) is 74.1 cm³/mol. The smallest absolute Gasteiger partial charge is 0.150 e. The Kier molecular flexibility index (Phi) is 4.23. The van der Waals surface area contributed by atoms with Crippen molar-refractivity contribution in [3.8, 4) is 0 Å². The van der Waals surface area contributed by atoms with E-state index in [1.54, 1.807) is 4.68 Å². The molecule has 2 heterocycles. The van der Waals surface area contributed by atoms with Gasteiger partial charge in [0.25, 0.3) is 0 Å². The molecule has 1 aliphatic rings. The Morgan fingerprint density at radius 2 is 2.26 bits per heavy atom. The molecule has 108 valence electrons. The van der Waals surface area contributed by atoms with Gasteiger partial charge in [-0.05, 0) is 20.3 Å². The highest BCUT2D eigenvalue weighted by atomic mass is 35.5. The number of halogens is 1. The van der Waals surface area contributed by atoms with E-state index in [0.717, 1.165) is 11.4 Å². The van der Waals surface area contributed by atoms with E-state index in [1.807, 2.05) is 13.8 Å². The van der Waals surface area contributed by atoms with Gasteiger partial charge in [0.05, 0.1) is 34.0 Å². The van der Waals surface area contributed by atoms with Gasteiger partial charge in [-0.3, -0.25) is 4.68 Å². The van der Waals surface area contributed by atoms with Crippen LogP contribution in [0.2, 0.25) is 5.02 Å². The minimum atomic E-state index is -2.97. The number of aromatic nitrogens is 2. The first-order chi connectivity index (χ1) is 8.84. The van der Waals surface area contributed by atoms with Crippen molar-refractivity contribution in [2.24, 2.45) is 5.92 Å². The van der Waals surface area contributed by atoms with Crippen LogP contribution in [0.4, 0.5) is 0 Å². The Labute approximate surface area is 118 Å². The van der Waals surface area contributed by atoms with Gasteiger partial charge in [-0.25, -0.2) is 8.42 Å². The topological polar surface area (TPSA) is 72.2 Å². The van der Waals surface area contributed by atoms with Crippen molar-refractivity contribution in [2.45, 2.75) is 39.3 Å². The lowest BCUT2D eigenvalue weighted by Gasteiger charge is -2.17. The fourth-order valence-electron chi connectivity index (χ4n) is 2.56. The molecule has 0 amide bonds. The highest BCUT2D eigenvalue weighted by Crippen LogP contribution is 2.27. The molecule has 5 nitrogen and oxygen atoms in total. The molecular formula is C12H19ClN2O3S. The number of aryl methyl sites for hydroxylation is 2. The minimum absolute atomic E-state index is 0.0744. The molecule has 1 aromatic heterocycles. The van der Waals surface area contributed by atoms with Crippen LogP contribution >= 0.6 is 11.6 Å². The Balaban J connectivity index is 2.13. The van der Waals surface area contributed by atoms with Gasteiger partial charge in [0, 0.05) is 18.9 Å². The first kappa shape index (κ1) is 14.8. The highest BCUT2D eigenvalue weighted by Gasteiger charge is 2.33. The van der Waals surface area contributed by atoms with E-state index in [4.69, 9.17) is 11.6 Å². The van der Waals surface area contributed by atoms with Crippen molar-refractivity contribution in [2.75, 3.05) is 11.5 Å². The monoisotopic (exact) mass is 306 g/mol. The third-order valence-electron chi connectivity index (χ3n) is 3.67. The van der Waals surface area contributed by atoms with E-state index < -0.39 is 15.9 Å². The summed E-state index contributed by atoms with van der Waals surface area (Å²) in [6.07, 6.45) is 0.199. The second-order valence-corrected chi connectivity index (χ2v) is 7.70. The minimum Gasteiger partial charge on any atom is -0.392 e. The van der Waals surface area contributed by atoms with Crippen LogP contribution in [0.1, 0.15) is 24.7 Å². The van der Waals surface area contributed by atoms with Crippen LogP contribution in [-0.4, -0.2) is 40.9 Å². The van der Waals surface area contributed by atoms with Crippen LogP contribution in [-0.2, 0) is 22.8 Å². The molecule has 0 saturated carbocycles. The zero-order valence-electron chi connectivity index (χ0n) is 11.1. The van der Waals surface area contributed by atoms with Crippen LogP contribution in [0.15, 0.2) is 0 Å². The summed E-state index contributed by atoms with van der Waals surface area (Å²) in [5.74, 6) is 0.0566. The Bertz CT molecular complexity index is 568. The first-order valence-electron chi connectivity index (χ1n) is 6.44. The van der Waals surface area contributed by atoms with Gasteiger partial charge in [-0.1, -0.05) is 11.6 Å². The Morgan fingerprint density at radius 3 is 2.79 bits per heavy atom. The zero-order chi connectivity index (χ0) is 14.2. The summed E-state index contributed by atoms with van der Waals surface area (Å²) < 4.78 is 24.6. The van der Waals surface area contributed by atoms with Gasteiger partial charge in [0.2, 0.25) is 0 Å². The van der Waals surface area contributed by atoms with Gasteiger partial charge in [0.1, 0.15) is 0 Å². The fraction of sp³-hybridized carbons (Fsp3) is 0.750. The van der Waals surface area contributed by atoms with Gasteiger partial charge < -0.3 is 5.11 Å². The summed E-state index contributed by atoms with van der Waals surface area (Å²) in [5, 5.41) is 15.1. The maximum absolute atomic E-state index is 11.4. The van der Waals surface area contributed by atoms with E-state index >= 15 is 0 Å².